The molecule has 0 radical (unpaired) electrons. The first-order chi connectivity index (χ1) is 2.41. The maximum atomic E-state index is 7.00. The van der Waals surface area contributed by atoms with E-state index in [1.54, 1.807) is 0 Å². The van der Waals surface area contributed by atoms with Gasteiger partial charge in [0, 0.05) is 7.11 Å². The molecule has 8 heavy (non-hydrogen) atoms. The third kappa shape index (κ3) is 1070. The van der Waals surface area contributed by atoms with Gasteiger partial charge in [-0.3, -0.25) is 0 Å². The summed E-state index contributed by atoms with van der Waals surface area (Å²) in [4.78, 5) is 0. The molecule has 58 valence electrons. The fourth-order valence-corrected chi connectivity index (χ4v) is 0. The average Bonchev–Trinajstić information content (AvgIpc) is 1.46. The molecule has 0 aliphatic heterocycles. The van der Waals surface area contributed by atoms with Gasteiger partial charge in [-0.2, -0.15) is 0 Å². The van der Waals surface area contributed by atoms with Crippen molar-refractivity contribution in [2.24, 2.45) is 0 Å². The van der Waals surface area contributed by atoms with Crippen LogP contribution in [0.1, 0.15) is 0 Å². The van der Waals surface area contributed by atoms with Crippen molar-refractivity contribution in [2.45, 2.75) is 0 Å². The van der Waals surface area contributed by atoms with Gasteiger partial charge in [-0.25, -0.2) is 0 Å². The summed E-state index contributed by atoms with van der Waals surface area (Å²) in [5.74, 6) is 0. The maximum absolute atomic E-state index is 7.00. The van der Waals surface area contributed by atoms with Gasteiger partial charge in [-0.15, -0.1) is 23.2 Å². The van der Waals surface area contributed by atoms with Gasteiger partial charge in [0.2, 0.25) is 0 Å². The summed E-state index contributed by atoms with van der Waals surface area (Å²) in [6.07, 6.45) is 0. The highest BCUT2D eigenvalue weighted by molar-refractivity contribution is 6.40. The van der Waals surface area contributed by atoms with Gasteiger partial charge >= 0.3 is 0 Å². The number of aliphatic hydroxyl groups is 1. The zero-order chi connectivity index (χ0) is 4.71. The molecule has 0 aromatic rings. The molecule has 0 aromatic carbocycles. The number of rotatable bonds is 0. The van der Waals surface area contributed by atoms with E-state index in [2.05, 4.69) is 0 Å². The lowest BCUT2D eigenvalue weighted by atomic mass is 11.8. The summed E-state index contributed by atoms with van der Waals surface area (Å²) in [5, 5.41) is 7.19. The Balaban J connectivity index is -0.00000000567. The Bertz CT molecular complexity index is 15.2. The van der Waals surface area contributed by atoms with Crippen LogP contribution in [-0.4, -0.2) is 28.5 Å². The topological polar surface area (TPSA) is 118 Å². The van der Waals surface area contributed by atoms with Crippen LogP contribution in [0.2, 0.25) is 0 Å². The van der Waals surface area contributed by atoms with Crippen LogP contribution in [-0.2, 0) is 0 Å². The van der Waals surface area contributed by atoms with Crippen molar-refractivity contribution in [1.29, 1.82) is 0 Å². The normalized spacial score (nSPS) is 3.00. The van der Waals surface area contributed by atoms with Crippen LogP contribution in [0.4, 0.5) is 0 Å². The van der Waals surface area contributed by atoms with Gasteiger partial charge in [0.1, 0.15) is 0 Å². The summed E-state index contributed by atoms with van der Waals surface area (Å²) >= 11 is 9.53. The van der Waals surface area contributed by atoms with Crippen molar-refractivity contribution in [3.63, 3.8) is 0 Å². The van der Waals surface area contributed by atoms with Gasteiger partial charge in [0.25, 0.3) is 0 Å². The second-order valence-electron chi connectivity index (χ2n) is 0.101. The van der Waals surface area contributed by atoms with Crippen LogP contribution < -0.4 is 6.15 Å². The van der Waals surface area contributed by atoms with Crippen LogP contribution >= 0.6 is 23.2 Å². The first-order valence-corrected chi connectivity index (χ1v) is 2.05. The summed E-state index contributed by atoms with van der Waals surface area (Å²) in [6, 6.07) is 0. The second kappa shape index (κ2) is 152. The fourth-order valence-electron chi connectivity index (χ4n) is 0. The summed E-state index contributed by atoms with van der Waals surface area (Å²) < 4.78 is 0. The minimum atomic E-state index is 0. The Labute approximate surface area is 58.6 Å². The number of hydrogen-bond acceptors (Lipinski definition) is 2. The molecule has 4 nitrogen and oxygen atoms in total. The summed E-state index contributed by atoms with van der Waals surface area (Å²) in [6.45, 7) is 0. The highest BCUT2D eigenvalue weighted by Gasteiger charge is 1.41. The quantitative estimate of drug-likeness (QED) is 0.478. The van der Waals surface area contributed by atoms with E-state index < -0.39 is 0 Å². The van der Waals surface area contributed by atoms with Crippen molar-refractivity contribution in [2.75, 3.05) is 12.4 Å². The highest BCUT2D eigenvalue weighted by atomic mass is 35.5. The Morgan fingerprint density at radius 3 is 1.12 bits per heavy atom. The van der Waals surface area contributed by atoms with Gasteiger partial charge in [0.05, 0.1) is 5.34 Å². The third-order valence-corrected chi connectivity index (χ3v) is 0. The van der Waals surface area contributed by atoms with E-state index in [9.17, 15) is 0 Å². The van der Waals surface area contributed by atoms with E-state index in [-0.39, 0.29) is 22.4 Å². The number of hydrogen-bond donors (Lipinski definition) is 2. The molecule has 6 heteroatoms. The summed E-state index contributed by atoms with van der Waals surface area (Å²) in [5.41, 5.74) is 0. The van der Waals surface area contributed by atoms with Crippen molar-refractivity contribution in [3.05, 3.63) is 0 Å². The molecule has 0 unspecified atom stereocenters. The highest BCUT2D eigenvalue weighted by Crippen LogP contribution is 1.73. The van der Waals surface area contributed by atoms with Gasteiger partial charge < -0.3 is 22.2 Å². The molecule has 0 aliphatic rings. The monoisotopic (exact) mass is 169 g/mol. The van der Waals surface area contributed by atoms with E-state index in [0.29, 0.717) is 0 Å². The fraction of sp³-hybridized carbons (Fsp3) is 1.00. The molecule has 0 heterocycles. The van der Waals surface area contributed by atoms with Crippen molar-refractivity contribution in [1.82, 2.24) is 6.15 Å². The number of alkyl halides is 2. The zero-order valence-electron chi connectivity index (χ0n) is 4.62. The third-order valence-electron chi connectivity index (χ3n) is 0. The Kier molecular flexibility index (Phi) is 751. The van der Waals surface area contributed by atoms with Crippen LogP contribution in [0.3, 0.4) is 0 Å². The van der Waals surface area contributed by atoms with Crippen molar-refractivity contribution in [3.8, 4) is 0 Å². The lowest BCUT2D eigenvalue weighted by Gasteiger charge is -1.42. The van der Waals surface area contributed by atoms with Gasteiger partial charge in [-0.1, -0.05) is 0 Å². The minimum Gasteiger partial charge on any atom is -0.412 e. The lowest BCUT2D eigenvalue weighted by molar-refractivity contribution is 0.399. The Morgan fingerprint density at radius 2 is 1.12 bits per heavy atom. The molecule has 0 rings (SSSR count). The molecule has 0 aliphatic carbocycles. The van der Waals surface area contributed by atoms with Gasteiger partial charge in [0.15, 0.2) is 0 Å². The van der Waals surface area contributed by atoms with Crippen LogP contribution in [0, 0.1) is 0 Å². The predicted octanol–water partition coefficient (Wildman–Crippen LogP) is -0.457. The molecule has 0 bridgehead atoms. The first-order valence-electron chi connectivity index (χ1n) is 0.982. The SMILES string of the molecule is CO.ClCCl.N.O.O. The van der Waals surface area contributed by atoms with E-state index in [4.69, 9.17) is 28.3 Å². The Morgan fingerprint density at radius 1 is 1.12 bits per heavy atom. The van der Waals surface area contributed by atoms with Gasteiger partial charge in [-0.05, 0) is 0 Å². The minimum absolute atomic E-state index is 0. The molecule has 0 saturated carbocycles. The summed E-state index contributed by atoms with van der Waals surface area (Å²) in [7, 11) is 1.00. The lowest BCUT2D eigenvalue weighted by Crippen LogP contribution is -1.25. The van der Waals surface area contributed by atoms with E-state index in [1.807, 2.05) is 0 Å². The average molecular weight is 170 g/mol. The van der Waals surface area contributed by atoms with E-state index in [0.717, 1.165) is 7.11 Å². The molecule has 0 aromatic heterocycles. The molecule has 0 saturated heterocycles. The predicted molar refractivity (Wildman–Crippen MR) is 37.0 cm³/mol. The second-order valence-corrected chi connectivity index (χ2v) is 0.909. The van der Waals surface area contributed by atoms with Crippen molar-refractivity contribution >= 4 is 23.2 Å². The molecule has 0 fully saturated rings. The molecular formula is C2H13Cl2NO3. The molecular weight excluding hydrogens is 157 g/mol. The smallest absolute Gasteiger partial charge is 0.0967 e. The van der Waals surface area contributed by atoms with Crippen LogP contribution in [0.15, 0.2) is 0 Å². The molecule has 8 N–H and O–H groups in total. The number of aliphatic hydroxyl groups excluding tert-OH is 1. The largest absolute Gasteiger partial charge is 0.412 e. The molecule has 0 atom stereocenters. The van der Waals surface area contributed by atoms with Crippen molar-refractivity contribution < 1.29 is 16.1 Å². The maximum Gasteiger partial charge on any atom is 0.0967 e. The van der Waals surface area contributed by atoms with E-state index in [1.165, 1.54) is 0 Å². The number of halogens is 2. The Hall–Kier alpha value is 0.420. The molecule has 0 spiro atoms. The molecule has 0 amide bonds. The van der Waals surface area contributed by atoms with Crippen LogP contribution in [0.5, 0.6) is 0 Å². The van der Waals surface area contributed by atoms with E-state index >= 15 is 0 Å². The standard InChI is InChI=1S/CH2Cl2.CH4O.H3N.2H2O/c2-1-3;1-2;;;/h1H2;2H,1H3;1H3;2*1H2. The zero-order valence-corrected chi connectivity index (χ0v) is 6.13. The van der Waals surface area contributed by atoms with Crippen LogP contribution in [0.25, 0.3) is 0 Å². The first kappa shape index (κ1) is 39.6.